The van der Waals surface area contributed by atoms with Crippen LogP contribution in [-0.2, 0) is 15.8 Å². The van der Waals surface area contributed by atoms with Crippen LogP contribution in [0.25, 0.3) is 0 Å². The van der Waals surface area contributed by atoms with E-state index >= 15 is 0 Å². The van der Waals surface area contributed by atoms with Gasteiger partial charge in [0.05, 0.1) is 12.2 Å². The number of carbonyl (C=O) groups is 1. The van der Waals surface area contributed by atoms with Crippen molar-refractivity contribution in [3.63, 3.8) is 0 Å². The first-order valence-corrected chi connectivity index (χ1v) is 13.5. The van der Waals surface area contributed by atoms with Gasteiger partial charge in [-0.1, -0.05) is 72.8 Å². The molecule has 202 valence electrons. The van der Waals surface area contributed by atoms with E-state index in [9.17, 15) is 9.90 Å². The third kappa shape index (κ3) is 6.09. The Hall–Kier alpha value is -3.19. The number of ether oxygens (including phenoxy) is 1. The molecule has 3 aromatic carbocycles. The number of aliphatic hydroxyl groups excluding tert-OH is 1. The number of aliphatic hydroxyl groups is 2. The summed E-state index contributed by atoms with van der Waals surface area (Å²) in [6, 6.07) is 27.8. The van der Waals surface area contributed by atoms with Crippen molar-refractivity contribution in [2.45, 2.75) is 36.7 Å². The maximum atomic E-state index is 13.9. The summed E-state index contributed by atoms with van der Waals surface area (Å²) in [6.07, 6.45) is 2.44. The third-order valence-corrected chi connectivity index (χ3v) is 7.73. The number of hydrogen-bond acceptors (Lipinski definition) is 5. The van der Waals surface area contributed by atoms with Crippen molar-refractivity contribution < 1.29 is 19.7 Å². The lowest BCUT2D eigenvalue weighted by Crippen LogP contribution is -2.48. The lowest BCUT2D eigenvalue weighted by Gasteiger charge is -2.41. The number of likely N-dealkylation sites (tertiary alicyclic amines) is 1. The van der Waals surface area contributed by atoms with E-state index in [-0.39, 0.29) is 12.5 Å². The highest BCUT2D eigenvalue weighted by molar-refractivity contribution is 5.91. The third-order valence-electron chi connectivity index (χ3n) is 7.73. The molecule has 1 heterocycles. The molecule has 38 heavy (non-hydrogen) atoms. The van der Waals surface area contributed by atoms with Crippen LogP contribution in [0.3, 0.4) is 0 Å². The van der Waals surface area contributed by atoms with Gasteiger partial charge >= 0.3 is 0 Å². The van der Waals surface area contributed by atoms with Gasteiger partial charge in [-0.2, -0.15) is 0 Å². The topological polar surface area (TPSA) is 73.2 Å². The van der Waals surface area contributed by atoms with E-state index in [0.29, 0.717) is 38.0 Å². The standard InChI is InChI=1S/C32H40N2O4/c1-33(2)30(36)32(26-11-5-3-6-12-26,27-13-7-4-8-14-27)19-22-34-20-17-31(37,18-21-34)28-15-9-16-29(25-28)38-24-10-23-35/h3-9,11-16,25,35,37H,10,17-24H2,1-2H3. The van der Waals surface area contributed by atoms with Gasteiger partial charge in [-0.15, -0.1) is 0 Å². The fourth-order valence-corrected chi connectivity index (χ4v) is 5.53. The Labute approximate surface area is 226 Å². The summed E-state index contributed by atoms with van der Waals surface area (Å²) in [6.45, 7) is 2.76. The first-order valence-electron chi connectivity index (χ1n) is 13.5. The number of likely N-dealkylation sites (N-methyl/N-ethyl adjacent to an activating group) is 1. The molecule has 6 heteroatoms. The lowest BCUT2D eigenvalue weighted by molar-refractivity contribution is -0.133. The number of carbonyl (C=O) groups excluding carboxylic acids is 1. The fourth-order valence-electron chi connectivity index (χ4n) is 5.53. The highest BCUT2D eigenvalue weighted by atomic mass is 16.5. The minimum Gasteiger partial charge on any atom is -0.493 e. The van der Waals surface area contributed by atoms with Gasteiger partial charge in [-0.05, 0) is 54.6 Å². The van der Waals surface area contributed by atoms with Crippen LogP contribution in [0.15, 0.2) is 84.9 Å². The number of nitrogens with zero attached hydrogens (tertiary/aromatic N) is 2. The molecule has 3 aromatic rings. The van der Waals surface area contributed by atoms with Crippen LogP contribution in [0.4, 0.5) is 0 Å². The van der Waals surface area contributed by atoms with E-state index in [1.165, 1.54) is 0 Å². The average Bonchev–Trinajstić information content (AvgIpc) is 2.96. The van der Waals surface area contributed by atoms with Crippen LogP contribution in [0.1, 0.15) is 42.4 Å². The second kappa shape index (κ2) is 12.6. The van der Waals surface area contributed by atoms with Crippen molar-refractivity contribution in [3.8, 4) is 5.75 Å². The van der Waals surface area contributed by atoms with Gasteiger partial charge in [0.2, 0.25) is 5.91 Å². The predicted molar refractivity (Wildman–Crippen MR) is 150 cm³/mol. The number of piperidine rings is 1. The predicted octanol–water partition coefficient (Wildman–Crippen LogP) is 4.20. The molecule has 0 aliphatic carbocycles. The van der Waals surface area contributed by atoms with Gasteiger partial charge in [0, 0.05) is 40.2 Å². The van der Waals surface area contributed by atoms with E-state index in [1.807, 2.05) is 74.8 Å². The van der Waals surface area contributed by atoms with E-state index in [4.69, 9.17) is 9.84 Å². The van der Waals surface area contributed by atoms with Crippen molar-refractivity contribution in [2.75, 3.05) is 46.9 Å². The first kappa shape index (κ1) is 27.8. The van der Waals surface area contributed by atoms with Gasteiger partial charge < -0.3 is 24.7 Å². The van der Waals surface area contributed by atoms with Crippen LogP contribution in [0, 0.1) is 0 Å². The first-order chi connectivity index (χ1) is 18.4. The average molecular weight is 517 g/mol. The van der Waals surface area contributed by atoms with Gasteiger partial charge in [-0.3, -0.25) is 4.79 Å². The van der Waals surface area contributed by atoms with E-state index in [2.05, 4.69) is 29.2 Å². The van der Waals surface area contributed by atoms with Gasteiger partial charge in [0.25, 0.3) is 0 Å². The van der Waals surface area contributed by atoms with E-state index < -0.39 is 11.0 Å². The molecular weight excluding hydrogens is 476 g/mol. The van der Waals surface area contributed by atoms with E-state index in [0.717, 1.165) is 36.3 Å². The van der Waals surface area contributed by atoms with Gasteiger partial charge in [-0.25, -0.2) is 0 Å². The Morgan fingerprint density at radius 1 is 0.947 bits per heavy atom. The van der Waals surface area contributed by atoms with Crippen molar-refractivity contribution >= 4 is 5.91 Å². The molecule has 6 nitrogen and oxygen atoms in total. The normalized spacial score (nSPS) is 15.7. The molecular formula is C32H40N2O4. The Bertz CT molecular complexity index is 1120. The molecule has 0 aromatic heterocycles. The zero-order chi connectivity index (χ0) is 27.0. The number of hydrogen-bond donors (Lipinski definition) is 2. The largest absolute Gasteiger partial charge is 0.493 e. The molecule has 1 saturated heterocycles. The Balaban J connectivity index is 1.51. The molecule has 0 radical (unpaired) electrons. The second-order valence-corrected chi connectivity index (χ2v) is 10.4. The summed E-state index contributed by atoms with van der Waals surface area (Å²) in [5.41, 5.74) is 1.15. The van der Waals surface area contributed by atoms with Crippen molar-refractivity contribution in [1.82, 2.24) is 9.80 Å². The Kier molecular flexibility index (Phi) is 9.21. The number of rotatable bonds is 11. The van der Waals surface area contributed by atoms with Crippen molar-refractivity contribution in [2.24, 2.45) is 0 Å². The van der Waals surface area contributed by atoms with Gasteiger partial charge in [0.15, 0.2) is 0 Å². The molecule has 1 aliphatic rings. The number of benzene rings is 3. The monoisotopic (exact) mass is 516 g/mol. The molecule has 0 unspecified atom stereocenters. The molecule has 0 spiro atoms. The quantitative estimate of drug-likeness (QED) is 0.374. The zero-order valence-electron chi connectivity index (χ0n) is 22.6. The minimum atomic E-state index is -0.914. The molecule has 0 saturated carbocycles. The van der Waals surface area contributed by atoms with Crippen molar-refractivity contribution in [1.29, 1.82) is 0 Å². The summed E-state index contributed by atoms with van der Waals surface area (Å²) >= 11 is 0. The van der Waals surface area contributed by atoms with Crippen LogP contribution >= 0.6 is 0 Å². The summed E-state index contributed by atoms with van der Waals surface area (Å²) in [5, 5.41) is 20.5. The molecule has 1 fully saturated rings. The Morgan fingerprint density at radius 3 is 2.11 bits per heavy atom. The zero-order valence-corrected chi connectivity index (χ0v) is 22.6. The number of amides is 1. The maximum Gasteiger partial charge on any atom is 0.237 e. The molecule has 2 N–H and O–H groups in total. The summed E-state index contributed by atoms with van der Waals surface area (Å²) in [4.78, 5) is 18.0. The minimum absolute atomic E-state index is 0.0708. The van der Waals surface area contributed by atoms with Crippen LogP contribution in [0.2, 0.25) is 0 Å². The summed E-state index contributed by atoms with van der Waals surface area (Å²) in [5.74, 6) is 0.783. The molecule has 0 atom stereocenters. The van der Waals surface area contributed by atoms with Crippen LogP contribution < -0.4 is 4.74 Å². The van der Waals surface area contributed by atoms with Gasteiger partial charge in [0.1, 0.15) is 11.2 Å². The molecule has 0 bridgehead atoms. The molecule has 1 aliphatic heterocycles. The highest BCUT2D eigenvalue weighted by Gasteiger charge is 2.43. The van der Waals surface area contributed by atoms with E-state index in [1.54, 1.807) is 4.90 Å². The molecule has 4 rings (SSSR count). The smallest absolute Gasteiger partial charge is 0.237 e. The van der Waals surface area contributed by atoms with Crippen LogP contribution in [0.5, 0.6) is 5.75 Å². The summed E-state index contributed by atoms with van der Waals surface area (Å²) < 4.78 is 5.73. The summed E-state index contributed by atoms with van der Waals surface area (Å²) in [7, 11) is 3.65. The second-order valence-electron chi connectivity index (χ2n) is 10.4. The lowest BCUT2D eigenvalue weighted by atomic mass is 9.70. The highest BCUT2D eigenvalue weighted by Crippen LogP contribution is 2.39. The SMILES string of the molecule is CN(C)C(=O)C(CCN1CCC(O)(c2cccc(OCCCO)c2)CC1)(c1ccccc1)c1ccccc1. The maximum absolute atomic E-state index is 13.9. The van der Waals surface area contributed by atoms with Crippen molar-refractivity contribution in [3.05, 3.63) is 102 Å². The fraction of sp³-hybridized carbons (Fsp3) is 0.406. The molecule has 1 amide bonds. The Morgan fingerprint density at radius 2 is 1.55 bits per heavy atom. The van der Waals surface area contributed by atoms with Crippen LogP contribution in [-0.4, -0.2) is 72.9 Å².